The number of rotatable bonds is 4. The highest BCUT2D eigenvalue weighted by molar-refractivity contribution is 8.00. The molecule has 4 rings (SSSR count). The third-order valence-corrected chi connectivity index (χ3v) is 7.85. The Bertz CT molecular complexity index is 1050. The molecule has 0 aromatic heterocycles. The molecule has 1 aliphatic heterocycles. The van der Waals surface area contributed by atoms with Crippen molar-refractivity contribution in [3.8, 4) is 0 Å². The number of fused-ring (bicyclic) bond motifs is 1. The number of nitrogens with zero attached hydrogens (tertiary/aromatic N) is 1. The van der Waals surface area contributed by atoms with Crippen molar-refractivity contribution in [2.45, 2.75) is 48.7 Å². The van der Waals surface area contributed by atoms with Gasteiger partial charge in [-0.3, -0.25) is 9.52 Å². The highest BCUT2D eigenvalue weighted by Crippen LogP contribution is 2.42. The first-order valence-corrected chi connectivity index (χ1v) is 11.8. The van der Waals surface area contributed by atoms with Crippen molar-refractivity contribution in [1.82, 2.24) is 0 Å². The number of sulfonamides is 1. The van der Waals surface area contributed by atoms with Crippen molar-refractivity contribution in [2.75, 3.05) is 16.2 Å². The molecule has 148 valence electrons. The molecule has 0 saturated heterocycles. The second kappa shape index (κ2) is 7.12. The molecule has 0 bridgehead atoms. The molecular weight excluding hydrogens is 392 g/mol. The summed E-state index contributed by atoms with van der Waals surface area (Å²) in [7, 11) is -3.75. The molecule has 2 aliphatic rings. The number of nitrogens with one attached hydrogen (secondary N) is 1. The summed E-state index contributed by atoms with van der Waals surface area (Å²) < 4.78 is 28.7. The quantitative estimate of drug-likeness (QED) is 0.805. The van der Waals surface area contributed by atoms with Crippen LogP contribution in [0.3, 0.4) is 0 Å². The van der Waals surface area contributed by atoms with E-state index in [0.29, 0.717) is 17.9 Å². The molecule has 28 heavy (non-hydrogen) atoms. The molecule has 1 amide bonds. The molecule has 7 heteroatoms. The molecule has 0 unspecified atom stereocenters. The van der Waals surface area contributed by atoms with Crippen LogP contribution in [0.2, 0.25) is 0 Å². The van der Waals surface area contributed by atoms with Crippen LogP contribution < -0.4 is 9.62 Å². The smallest absolute Gasteiger partial charge is 0.261 e. The van der Waals surface area contributed by atoms with Gasteiger partial charge in [0.15, 0.2) is 0 Å². The van der Waals surface area contributed by atoms with Gasteiger partial charge < -0.3 is 4.90 Å². The summed E-state index contributed by atoms with van der Waals surface area (Å²) >= 11 is 1.68. The van der Waals surface area contributed by atoms with E-state index in [1.54, 1.807) is 34.9 Å². The first kappa shape index (κ1) is 19.3. The summed E-state index contributed by atoms with van der Waals surface area (Å²) in [5.74, 6) is 0.210. The van der Waals surface area contributed by atoms with Crippen LogP contribution >= 0.6 is 11.8 Å². The van der Waals surface area contributed by atoms with Gasteiger partial charge in [0, 0.05) is 22.6 Å². The molecule has 2 aromatic rings. The average molecular weight is 417 g/mol. The maximum absolute atomic E-state index is 13.0. The van der Waals surface area contributed by atoms with E-state index in [0.717, 1.165) is 28.9 Å². The molecule has 0 spiro atoms. The van der Waals surface area contributed by atoms with Gasteiger partial charge in [0.2, 0.25) is 5.91 Å². The zero-order valence-electron chi connectivity index (χ0n) is 16.2. The zero-order valence-corrected chi connectivity index (χ0v) is 17.9. The molecule has 2 aromatic carbocycles. The van der Waals surface area contributed by atoms with E-state index in [-0.39, 0.29) is 22.0 Å². The fourth-order valence-electron chi connectivity index (χ4n) is 3.41. The number of carbonyl (C=O) groups excluding carboxylic acids is 1. The van der Waals surface area contributed by atoms with Crippen molar-refractivity contribution >= 4 is 39.1 Å². The maximum Gasteiger partial charge on any atom is 0.261 e. The highest BCUT2D eigenvalue weighted by atomic mass is 32.2. The number of hydrogen-bond acceptors (Lipinski definition) is 4. The van der Waals surface area contributed by atoms with E-state index in [1.165, 1.54) is 0 Å². The first-order chi connectivity index (χ1) is 13.3. The minimum absolute atomic E-state index is 0.0940. The lowest BCUT2D eigenvalue weighted by atomic mass is 10.1. The third kappa shape index (κ3) is 3.65. The van der Waals surface area contributed by atoms with E-state index < -0.39 is 10.0 Å². The van der Waals surface area contributed by atoms with Crippen molar-refractivity contribution in [2.24, 2.45) is 5.92 Å². The number of amides is 1. The molecule has 1 fully saturated rings. The second-order valence-corrected chi connectivity index (χ2v) is 10.8. The maximum atomic E-state index is 13.0. The van der Waals surface area contributed by atoms with Crippen molar-refractivity contribution in [3.05, 3.63) is 47.5 Å². The van der Waals surface area contributed by atoms with Gasteiger partial charge in [-0.2, -0.15) is 0 Å². The highest BCUT2D eigenvalue weighted by Gasteiger charge is 2.37. The fraction of sp³-hybridized carbons (Fsp3) is 0.381. The van der Waals surface area contributed by atoms with Gasteiger partial charge in [0.25, 0.3) is 10.0 Å². The van der Waals surface area contributed by atoms with Gasteiger partial charge >= 0.3 is 0 Å². The number of thioether (sulfide) groups is 1. The van der Waals surface area contributed by atoms with Crippen molar-refractivity contribution in [1.29, 1.82) is 0 Å². The number of aryl methyl sites for hydroxylation is 1. The summed E-state index contributed by atoms with van der Waals surface area (Å²) in [6.07, 6.45) is 1.86. The van der Waals surface area contributed by atoms with Crippen LogP contribution in [0.1, 0.15) is 30.9 Å². The van der Waals surface area contributed by atoms with Gasteiger partial charge in [-0.25, -0.2) is 8.42 Å². The van der Waals surface area contributed by atoms with Crippen LogP contribution in [0.25, 0.3) is 0 Å². The minimum atomic E-state index is -3.75. The van der Waals surface area contributed by atoms with Crippen LogP contribution in [0.15, 0.2) is 46.2 Å². The predicted octanol–water partition coefficient (Wildman–Crippen LogP) is 4.34. The lowest BCUT2D eigenvalue weighted by molar-refractivity contribution is -0.119. The van der Waals surface area contributed by atoms with Crippen molar-refractivity contribution in [3.63, 3.8) is 0 Å². The van der Waals surface area contributed by atoms with Gasteiger partial charge in [-0.05, 0) is 62.1 Å². The Balaban J connectivity index is 1.70. The van der Waals surface area contributed by atoms with Gasteiger partial charge in [-0.15, -0.1) is 11.8 Å². The molecule has 5 nitrogen and oxygen atoms in total. The van der Waals surface area contributed by atoms with Crippen LogP contribution in [0.4, 0.5) is 11.4 Å². The molecule has 1 heterocycles. The van der Waals surface area contributed by atoms with E-state index in [9.17, 15) is 13.2 Å². The summed E-state index contributed by atoms with van der Waals surface area (Å²) in [5, 5.41) is 0.283. The van der Waals surface area contributed by atoms with E-state index in [1.807, 2.05) is 32.0 Å². The monoisotopic (exact) mass is 416 g/mol. The third-order valence-electron chi connectivity index (χ3n) is 5.34. The first-order valence-electron chi connectivity index (χ1n) is 9.47. The molecule has 1 N–H and O–H groups in total. The molecule has 1 saturated carbocycles. The summed E-state index contributed by atoms with van der Waals surface area (Å²) in [4.78, 5) is 15.7. The second-order valence-electron chi connectivity index (χ2n) is 7.63. The van der Waals surface area contributed by atoms with Gasteiger partial charge in [-0.1, -0.05) is 19.1 Å². The van der Waals surface area contributed by atoms with Gasteiger partial charge in [0.1, 0.15) is 0 Å². The molecule has 1 atom stereocenters. The largest absolute Gasteiger partial charge is 0.310 e. The number of anilines is 2. The Kier molecular flexibility index (Phi) is 4.91. The van der Waals surface area contributed by atoms with Crippen LogP contribution in [-0.2, 0) is 14.8 Å². The van der Waals surface area contributed by atoms with E-state index in [4.69, 9.17) is 0 Å². The van der Waals surface area contributed by atoms with Crippen LogP contribution in [0, 0.1) is 19.8 Å². The zero-order chi connectivity index (χ0) is 20.1. The summed E-state index contributed by atoms with van der Waals surface area (Å²) in [6, 6.07) is 10.6. The number of carbonyl (C=O) groups is 1. The fourth-order valence-corrected chi connectivity index (χ4v) is 5.65. The Morgan fingerprint density at radius 1 is 1.18 bits per heavy atom. The topological polar surface area (TPSA) is 66.5 Å². The lowest BCUT2D eigenvalue weighted by Crippen LogP contribution is -2.39. The number of benzene rings is 2. The molecule has 1 aliphatic carbocycles. The summed E-state index contributed by atoms with van der Waals surface area (Å²) in [5.41, 5.74) is 3.21. The minimum Gasteiger partial charge on any atom is -0.310 e. The van der Waals surface area contributed by atoms with Crippen molar-refractivity contribution < 1.29 is 13.2 Å². The number of hydrogen-bond donors (Lipinski definition) is 1. The Labute approximate surface area is 170 Å². The normalized spacial score (nSPS) is 19.2. The Morgan fingerprint density at radius 2 is 1.93 bits per heavy atom. The predicted molar refractivity (Wildman–Crippen MR) is 114 cm³/mol. The Morgan fingerprint density at radius 3 is 2.64 bits per heavy atom. The standard InChI is InChI=1S/C21H24N2O3S2/c1-13-5-4-6-18(15(13)3)22-28(25,26)17-9-10-20-19(11-17)23(12-14(2)27-20)21(24)16-7-8-16/h4-6,9-11,14,16,22H,7-8,12H2,1-3H3/t14-/m1/s1. The van der Waals surface area contributed by atoms with E-state index in [2.05, 4.69) is 11.6 Å². The molecule has 0 radical (unpaired) electrons. The SMILES string of the molecule is Cc1cccc(NS(=O)(=O)c2ccc3c(c2)N(C(=O)C2CC2)C[C@@H](C)S3)c1C. The lowest BCUT2D eigenvalue weighted by Gasteiger charge is -2.33. The van der Waals surface area contributed by atoms with Crippen LogP contribution in [-0.4, -0.2) is 26.1 Å². The van der Waals surface area contributed by atoms with Crippen LogP contribution in [0.5, 0.6) is 0 Å². The molecular formula is C21H24N2O3S2. The Hall–Kier alpha value is -1.99. The van der Waals surface area contributed by atoms with E-state index >= 15 is 0 Å². The summed E-state index contributed by atoms with van der Waals surface area (Å²) in [6.45, 7) is 6.55. The van der Waals surface area contributed by atoms with Gasteiger partial charge in [0.05, 0.1) is 16.3 Å². The average Bonchev–Trinajstić information content (AvgIpc) is 3.49.